The Hall–Kier alpha value is -0.340. The van der Waals surface area contributed by atoms with E-state index in [2.05, 4.69) is 36.6 Å². The van der Waals surface area contributed by atoms with Crippen LogP contribution in [0.3, 0.4) is 0 Å². The van der Waals surface area contributed by atoms with Gasteiger partial charge in [-0.15, -0.1) is 0 Å². The van der Waals surface area contributed by atoms with Crippen molar-refractivity contribution in [3.63, 3.8) is 0 Å². The van der Waals surface area contributed by atoms with Gasteiger partial charge in [0.1, 0.15) is 0 Å². The van der Waals surface area contributed by atoms with Crippen molar-refractivity contribution >= 4 is 0 Å². The average molecular weight is 563 g/mol. The van der Waals surface area contributed by atoms with E-state index < -0.39 is 0 Å². The largest absolute Gasteiger partial charge is 0.315 e. The number of rotatable bonds is 36. The van der Waals surface area contributed by atoms with Gasteiger partial charge in [-0.1, -0.05) is 180 Å². The third kappa shape index (κ3) is 37.7. The van der Waals surface area contributed by atoms with E-state index in [1.54, 1.807) is 0 Å². The minimum absolute atomic E-state index is 1.13. The first-order valence-electron chi connectivity index (χ1n) is 19.0. The molecule has 0 spiro atoms. The summed E-state index contributed by atoms with van der Waals surface area (Å²) in [7, 11) is 0. The smallest absolute Gasteiger partial charge is 0.00767 e. The van der Waals surface area contributed by atoms with Crippen LogP contribution >= 0.6 is 0 Å². The molecule has 240 valence electrons. The van der Waals surface area contributed by atoms with Gasteiger partial charge in [0.15, 0.2) is 0 Å². The van der Waals surface area contributed by atoms with Crippen molar-refractivity contribution in [1.82, 2.24) is 10.6 Å². The van der Waals surface area contributed by atoms with Gasteiger partial charge in [0, 0.05) is 13.1 Å². The van der Waals surface area contributed by atoms with Crippen molar-refractivity contribution in [2.75, 3.05) is 26.2 Å². The highest BCUT2D eigenvalue weighted by Gasteiger charge is 1.96. The normalized spacial score (nSPS) is 11.8. The molecule has 0 aliphatic heterocycles. The fraction of sp³-hybridized carbons (Fsp3) is 0.947. The molecule has 0 fully saturated rings. The SMILES string of the molecule is CCCCCCCC/C=C\CCCCCCCCNCCNCCCCCCCCCCCCCCCCCC. The predicted octanol–water partition coefficient (Wildman–Crippen LogP) is 12.5. The van der Waals surface area contributed by atoms with Crippen LogP contribution in [0.25, 0.3) is 0 Å². The lowest BCUT2D eigenvalue weighted by molar-refractivity contribution is 0.521. The van der Waals surface area contributed by atoms with E-state index in [0.717, 1.165) is 13.1 Å². The second kappa shape index (κ2) is 38.7. The molecule has 40 heavy (non-hydrogen) atoms. The topological polar surface area (TPSA) is 24.1 Å². The molecule has 0 aromatic carbocycles. The highest BCUT2D eigenvalue weighted by atomic mass is 14.9. The van der Waals surface area contributed by atoms with Gasteiger partial charge in [0.2, 0.25) is 0 Å². The molecule has 0 saturated carbocycles. The Labute approximate surface area is 255 Å². The van der Waals surface area contributed by atoms with E-state index in [1.807, 2.05) is 0 Å². The Morgan fingerprint density at radius 2 is 0.525 bits per heavy atom. The molecule has 0 amide bonds. The fourth-order valence-electron chi connectivity index (χ4n) is 5.72. The molecule has 0 bridgehead atoms. The predicted molar refractivity (Wildman–Crippen MR) is 185 cm³/mol. The van der Waals surface area contributed by atoms with Crippen LogP contribution in [0.1, 0.15) is 206 Å². The molecule has 0 rings (SSSR count). The molecule has 2 heteroatoms. The maximum absolute atomic E-state index is 3.62. The summed E-state index contributed by atoms with van der Waals surface area (Å²) in [4.78, 5) is 0. The summed E-state index contributed by atoms with van der Waals surface area (Å²) in [6.45, 7) is 9.26. The lowest BCUT2D eigenvalue weighted by Crippen LogP contribution is -2.28. The molecule has 0 aliphatic carbocycles. The van der Waals surface area contributed by atoms with Gasteiger partial charge in [0.25, 0.3) is 0 Å². The van der Waals surface area contributed by atoms with E-state index >= 15 is 0 Å². The van der Waals surface area contributed by atoms with Crippen LogP contribution in [0.5, 0.6) is 0 Å². The number of nitrogens with one attached hydrogen (secondary N) is 2. The highest BCUT2D eigenvalue weighted by Crippen LogP contribution is 2.14. The molecule has 0 saturated heterocycles. The molecule has 0 heterocycles. The van der Waals surface area contributed by atoms with Gasteiger partial charge in [-0.05, 0) is 51.6 Å². The molecule has 0 radical (unpaired) electrons. The van der Waals surface area contributed by atoms with Crippen molar-refractivity contribution < 1.29 is 0 Å². The minimum atomic E-state index is 1.13. The second-order valence-corrected chi connectivity index (χ2v) is 12.7. The van der Waals surface area contributed by atoms with Crippen molar-refractivity contribution in [2.45, 2.75) is 206 Å². The Kier molecular flexibility index (Phi) is 38.3. The first kappa shape index (κ1) is 39.7. The maximum Gasteiger partial charge on any atom is 0.00767 e. The van der Waals surface area contributed by atoms with E-state index in [-0.39, 0.29) is 0 Å². The van der Waals surface area contributed by atoms with Crippen LogP contribution in [0, 0.1) is 0 Å². The molecular formula is C38H78N2. The molecule has 2 N–H and O–H groups in total. The Balaban J connectivity index is 3.05. The minimum Gasteiger partial charge on any atom is -0.315 e. The molecule has 0 aliphatic rings. The van der Waals surface area contributed by atoms with Gasteiger partial charge in [-0.3, -0.25) is 0 Å². The lowest BCUT2D eigenvalue weighted by atomic mass is 10.0. The molecule has 0 atom stereocenters. The Morgan fingerprint density at radius 1 is 0.275 bits per heavy atom. The Morgan fingerprint density at radius 3 is 0.825 bits per heavy atom. The third-order valence-electron chi connectivity index (χ3n) is 8.55. The summed E-state index contributed by atoms with van der Waals surface area (Å²) in [6, 6.07) is 0. The number of hydrogen-bond acceptors (Lipinski definition) is 2. The van der Waals surface area contributed by atoms with Crippen LogP contribution in [-0.2, 0) is 0 Å². The van der Waals surface area contributed by atoms with Gasteiger partial charge < -0.3 is 10.6 Å². The zero-order chi connectivity index (χ0) is 28.9. The first-order chi connectivity index (χ1) is 19.9. The van der Waals surface area contributed by atoms with Crippen LogP contribution in [0.2, 0.25) is 0 Å². The van der Waals surface area contributed by atoms with Crippen molar-refractivity contribution in [3.8, 4) is 0 Å². The number of unbranched alkanes of at least 4 members (excludes halogenated alkanes) is 27. The quantitative estimate of drug-likeness (QED) is 0.0586. The number of hydrogen-bond donors (Lipinski definition) is 2. The monoisotopic (exact) mass is 563 g/mol. The zero-order valence-electron chi connectivity index (χ0n) is 28.2. The van der Waals surface area contributed by atoms with Gasteiger partial charge in [-0.2, -0.15) is 0 Å². The highest BCUT2D eigenvalue weighted by molar-refractivity contribution is 4.81. The Bertz CT molecular complexity index is 447. The van der Waals surface area contributed by atoms with Crippen LogP contribution in [0.15, 0.2) is 12.2 Å². The van der Waals surface area contributed by atoms with Gasteiger partial charge in [0.05, 0.1) is 0 Å². The lowest BCUT2D eigenvalue weighted by Gasteiger charge is -2.07. The van der Waals surface area contributed by atoms with Crippen LogP contribution in [0.4, 0.5) is 0 Å². The zero-order valence-corrected chi connectivity index (χ0v) is 28.2. The first-order valence-corrected chi connectivity index (χ1v) is 19.0. The summed E-state index contributed by atoms with van der Waals surface area (Å²) in [5.41, 5.74) is 0. The van der Waals surface area contributed by atoms with Crippen LogP contribution in [-0.4, -0.2) is 26.2 Å². The summed E-state index contributed by atoms with van der Waals surface area (Å²) in [5, 5.41) is 7.24. The number of allylic oxidation sites excluding steroid dienone is 2. The van der Waals surface area contributed by atoms with Crippen LogP contribution < -0.4 is 10.6 Å². The van der Waals surface area contributed by atoms with Crippen molar-refractivity contribution in [3.05, 3.63) is 12.2 Å². The summed E-state index contributed by atoms with van der Waals surface area (Å²) in [5.74, 6) is 0. The molecule has 0 aromatic heterocycles. The fourth-order valence-corrected chi connectivity index (χ4v) is 5.72. The van der Waals surface area contributed by atoms with E-state index in [1.165, 1.54) is 206 Å². The molecule has 0 aromatic rings. The van der Waals surface area contributed by atoms with Gasteiger partial charge >= 0.3 is 0 Å². The summed E-state index contributed by atoms with van der Waals surface area (Å²) < 4.78 is 0. The summed E-state index contributed by atoms with van der Waals surface area (Å²) >= 11 is 0. The summed E-state index contributed by atoms with van der Waals surface area (Å²) in [6.07, 6.45) is 47.5. The van der Waals surface area contributed by atoms with E-state index in [9.17, 15) is 0 Å². The second-order valence-electron chi connectivity index (χ2n) is 12.7. The average Bonchev–Trinajstić information content (AvgIpc) is 2.97. The third-order valence-corrected chi connectivity index (χ3v) is 8.55. The molecule has 0 unspecified atom stereocenters. The maximum atomic E-state index is 3.62. The molecular weight excluding hydrogens is 484 g/mol. The van der Waals surface area contributed by atoms with E-state index in [0.29, 0.717) is 0 Å². The van der Waals surface area contributed by atoms with E-state index in [4.69, 9.17) is 0 Å². The van der Waals surface area contributed by atoms with Crippen molar-refractivity contribution in [1.29, 1.82) is 0 Å². The van der Waals surface area contributed by atoms with Gasteiger partial charge in [-0.25, -0.2) is 0 Å². The molecule has 2 nitrogen and oxygen atoms in total. The van der Waals surface area contributed by atoms with Crippen molar-refractivity contribution in [2.24, 2.45) is 0 Å². The standard InChI is InChI=1S/C38H78N2/c1-3-5-7-9-11-13-15-17-19-21-23-25-27-29-31-33-35-39-37-38-40-36-34-32-30-28-26-24-22-20-18-16-14-12-10-8-6-4-2/h17,19,39-40H,3-16,18,20-38H2,1-2H3/b19-17-.